The van der Waals surface area contributed by atoms with Crippen molar-refractivity contribution < 1.29 is 38.6 Å². The maximum atomic E-state index is 13.8. The number of ether oxygens (including phenoxy) is 2. The van der Waals surface area contributed by atoms with Gasteiger partial charge in [0.2, 0.25) is 5.89 Å². The third kappa shape index (κ3) is 4.29. The Labute approximate surface area is 213 Å². The number of aromatic hydroxyl groups is 2. The van der Waals surface area contributed by atoms with Crippen LogP contribution in [0.1, 0.15) is 60.4 Å². The van der Waals surface area contributed by atoms with Gasteiger partial charge in [0.15, 0.2) is 23.2 Å². The number of aryl methyl sites for hydroxylation is 1. The summed E-state index contributed by atoms with van der Waals surface area (Å²) in [5.41, 5.74) is -1.29. The first-order chi connectivity index (χ1) is 17.5. The zero-order valence-corrected chi connectivity index (χ0v) is 21.4. The Morgan fingerprint density at radius 3 is 2.59 bits per heavy atom. The van der Waals surface area contributed by atoms with Crippen LogP contribution in [0.4, 0.5) is 0 Å². The van der Waals surface area contributed by atoms with Crippen LogP contribution in [-0.4, -0.2) is 58.0 Å². The molecule has 2 heterocycles. The lowest BCUT2D eigenvalue weighted by molar-refractivity contribution is -0.123. The highest BCUT2D eigenvalue weighted by Crippen LogP contribution is 2.57. The molecule has 1 aromatic carbocycles. The van der Waals surface area contributed by atoms with Crippen molar-refractivity contribution in [2.24, 2.45) is 0 Å². The first-order valence-corrected chi connectivity index (χ1v) is 11.9. The van der Waals surface area contributed by atoms with Gasteiger partial charge in [0, 0.05) is 43.8 Å². The highest BCUT2D eigenvalue weighted by molar-refractivity contribution is 6.31. The normalized spacial score (nSPS) is 19.8. The monoisotopic (exact) mass is 511 g/mol. The van der Waals surface area contributed by atoms with Crippen molar-refractivity contribution in [1.82, 2.24) is 15.5 Å². The van der Waals surface area contributed by atoms with E-state index in [0.717, 1.165) is 0 Å². The minimum absolute atomic E-state index is 0.00230. The standard InChI is InChI=1S/C26H29N3O8/c1-12-22(32)20(14(3)30)24-21(23(12)33)26(4)16(36-24)11-15(31)19(25(26)34)13(2)27-9-6-7-18-28-17(29-37-18)8-10-35-5/h11,27,32-33H,6-10H2,1-5H3/t26-/m0/s1. The minimum Gasteiger partial charge on any atom is -0.507 e. The molecule has 196 valence electrons. The van der Waals surface area contributed by atoms with E-state index in [1.165, 1.54) is 26.8 Å². The quantitative estimate of drug-likeness (QED) is 0.196. The summed E-state index contributed by atoms with van der Waals surface area (Å²) in [6.45, 7) is 6.77. The highest BCUT2D eigenvalue weighted by atomic mass is 16.5. The number of allylic oxidation sites excluding steroid dienone is 4. The summed E-state index contributed by atoms with van der Waals surface area (Å²) in [6, 6.07) is 0. The number of Topliss-reactive ketones (excluding diaryl/α,β-unsaturated/α-hetero) is 2. The Morgan fingerprint density at radius 1 is 1.19 bits per heavy atom. The van der Waals surface area contributed by atoms with E-state index in [0.29, 0.717) is 49.8 Å². The Kier molecular flexibility index (Phi) is 6.92. The average Bonchev–Trinajstić information content (AvgIpc) is 3.41. The molecule has 1 aromatic heterocycles. The zero-order chi connectivity index (χ0) is 27.1. The Balaban J connectivity index is 1.57. The van der Waals surface area contributed by atoms with E-state index < -0.39 is 28.5 Å². The van der Waals surface area contributed by atoms with Crippen molar-refractivity contribution in [3.63, 3.8) is 0 Å². The van der Waals surface area contributed by atoms with E-state index in [1.54, 1.807) is 14.0 Å². The molecular formula is C26H29N3O8. The molecule has 11 heteroatoms. The Hall–Kier alpha value is -3.99. The predicted molar refractivity (Wildman–Crippen MR) is 129 cm³/mol. The predicted octanol–water partition coefficient (Wildman–Crippen LogP) is 2.36. The number of aromatic nitrogens is 2. The van der Waals surface area contributed by atoms with E-state index in [9.17, 15) is 24.6 Å². The lowest BCUT2D eigenvalue weighted by Crippen LogP contribution is -2.41. The van der Waals surface area contributed by atoms with E-state index in [-0.39, 0.29) is 39.5 Å². The largest absolute Gasteiger partial charge is 0.507 e. The van der Waals surface area contributed by atoms with Crippen LogP contribution in [0.15, 0.2) is 27.6 Å². The Bertz CT molecular complexity index is 1370. The van der Waals surface area contributed by atoms with Gasteiger partial charge in [-0.2, -0.15) is 4.98 Å². The van der Waals surface area contributed by atoms with Crippen LogP contribution in [0.2, 0.25) is 0 Å². The number of carbonyl (C=O) groups is 3. The number of hydrogen-bond acceptors (Lipinski definition) is 11. The van der Waals surface area contributed by atoms with Gasteiger partial charge in [-0.3, -0.25) is 14.4 Å². The van der Waals surface area contributed by atoms with Gasteiger partial charge in [-0.25, -0.2) is 0 Å². The van der Waals surface area contributed by atoms with Crippen LogP contribution in [0, 0.1) is 6.92 Å². The van der Waals surface area contributed by atoms with Crippen LogP contribution < -0.4 is 10.1 Å². The van der Waals surface area contributed by atoms with Gasteiger partial charge in [-0.1, -0.05) is 5.16 Å². The van der Waals surface area contributed by atoms with E-state index >= 15 is 0 Å². The molecule has 2 aromatic rings. The van der Waals surface area contributed by atoms with E-state index in [2.05, 4.69) is 15.5 Å². The number of phenolic OH excluding ortho intramolecular Hbond substituents is 2. The molecule has 0 saturated carbocycles. The lowest BCUT2D eigenvalue weighted by atomic mass is 9.70. The molecule has 3 N–H and O–H groups in total. The summed E-state index contributed by atoms with van der Waals surface area (Å²) in [6.07, 6.45) is 2.85. The number of rotatable bonds is 9. The first-order valence-electron chi connectivity index (χ1n) is 11.9. The molecule has 4 rings (SSSR count). The fraction of sp³-hybridized carbons (Fsp3) is 0.423. The number of nitrogens with one attached hydrogen (secondary N) is 1. The average molecular weight is 512 g/mol. The van der Waals surface area contributed by atoms with E-state index in [1.807, 2.05) is 0 Å². The lowest BCUT2D eigenvalue weighted by Gasteiger charge is -2.29. The number of carbonyl (C=O) groups excluding carboxylic acids is 3. The number of nitrogens with zero attached hydrogens (tertiary/aromatic N) is 2. The molecule has 11 nitrogen and oxygen atoms in total. The number of ketones is 3. The van der Waals surface area contributed by atoms with Crippen molar-refractivity contribution in [2.75, 3.05) is 20.3 Å². The van der Waals surface area contributed by atoms with Gasteiger partial charge in [-0.05, 0) is 34.1 Å². The number of hydrogen-bond donors (Lipinski definition) is 3. The number of methoxy groups -OCH3 is 1. The van der Waals surface area contributed by atoms with Crippen LogP contribution in [0.5, 0.6) is 17.2 Å². The molecule has 1 aliphatic carbocycles. The van der Waals surface area contributed by atoms with Crippen molar-refractivity contribution in [2.45, 2.75) is 52.4 Å². The number of fused-ring (bicyclic) bond motifs is 3. The van der Waals surface area contributed by atoms with Gasteiger partial charge < -0.3 is 29.5 Å². The molecule has 0 amide bonds. The molecule has 1 atom stereocenters. The molecule has 0 saturated heterocycles. The van der Waals surface area contributed by atoms with Crippen LogP contribution in [0.25, 0.3) is 0 Å². The third-order valence-electron chi connectivity index (χ3n) is 6.76. The van der Waals surface area contributed by atoms with Crippen molar-refractivity contribution >= 4 is 17.3 Å². The summed E-state index contributed by atoms with van der Waals surface area (Å²) in [5, 5.41) is 28.3. The fourth-order valence-electron chi connectivity index (χ4n) is 4.65. The first kappa shape index (κ1) is 26.1. The van der Waals surface area contributed by atoms with Crippen LogP contribution in [-0.2, 0) is 32.6 Å². The highest BCUT2D eigenvalue weighted by Gasteiger charge is 2.56. The molecule has 0 radical (unpaired) electrons. The number of phenols is 2. The second-order valence-electron chi connectivity index (χ2n) is 9.26. The molecular weight excluding hydrogens is 482 g/mol. The maximum absolute atomic E-state index is 13.8. The van der Waals surface area contributed by atoms with Crippen molar-refractivity contribution in [3.8, 4) is 17.2 Å². The zero-order valence-electron chi connectivity index (χ0n) is 21.4. The molecule has 0 fully saturated rings. The summed E-state index contributed by atoms with van der Waals surface area (Å²) in [4.78, 5) is 43.3. The van der Waals surface area contributed by atoms with E-state index in [4.69, 9.17) is 14.0 Å². The minimum atomic E-state index is -1.55. The Morgan fingerprint density at radius 2 is 1.92 bits per heavy atom. The smallest absolute Gasteiger partial charge is 0.226 e. The van der Waals surface area contributed by atoms with Crippen LogP contribution >= 0.6 is 0 Å². The fourth-order valence-corrected chi connectivity index (χ4v) is 4.65. The molecule has 2 aliphatic rings. The molecule has 0 unspecified atom stereocenters. The maximum Gasteiger partial charge on any atom is 0.226 e. The van der Waals surface area contributed by atoms with Crippen molar-refractivity contribution in [3.05, 3.63) is 51.5 Å². The topological polar surface area (TPSA) is 161 Å². The van der Waals surface area contributed by atoms with Crippen molar-refractivity contribution in [1.29, 1.82) is 0 Å². The second-order valence-corrected chi connectivity index (χ2v) is 9.26. The summed E-state index contributed by atoms with van der Waals surface area (Å²) in [5.74, 6) is -1.48. The number of benzene rings is 1. The SMILES string of the molecule is COCCc1noc(CCCNC(C)=C2C(=O)C=C3Oc4c(C(C)=O)c(O)c(C)c(O)c4[C@@]3(C)C2=O)n1. The van der Waals surface area contributed by atoms with Gasteiger partial charge >= 0.3 is 0 Å². The molecule has 37 heavy (non-hydrogen) atoms. The molecule has 0 bridgehead atoms. The van der Waals surface area contributed by atoms with Gasteiger partial charge in [0.1, 0.15) is 34.0 Å². The van der Waals surface area contributed by atoms with Gasteiger partial charge in [0.05, 0.1) is 17.7 Å². The van der Waals surface area contributed by atoms with Gasteiger partial charge in [-0.15, -0.1) is 0 Å². The second kappa shape index (κ2) is 9.81. The van der Waals surface area contributed by atoms with Crippen LogP contribution in [0.3, 0.4) is 0 Å². The summed E-state index contributed by atoms with van der Waals surface area (Å²) < 4.78 is 16.0. The summed E-state index contributed by atoms with van der Waals surface area (Å²) >= 11 is 0. The van der Waals surface area contributed by atoms with Gasteiger partial charge in [0.25, 0.3) is 0 Å². The molecule has 1 aliphatic heterocycles. The summed E-state index contributed by atoms with van der Waals surface area (Å²) in [7, 11) is 1.60. The molecule has 0 spiro atoms. The third-order valence-corrected chi connectivity index (χ3v) is 6.76.